The Hall–Kier alpha value is -2.38. The summed E-state index contributed by atoms with van der Waals surface area (Å²) in [7, 11) is -1.38. The van der Waals surface area contributed by atoms with Crippen molar-refractivity contribution in [1.82, 2.24) is 4.98 Å². The minimum absolute atomic E-state index is 0.601. The van der Waals surface area contributed by atoms with Crippen LogP contribution in [0.15, 0.2) is 79.1 Å². The number of rotatable bonds is 4. The van der Waals surface area contributed by atoms with Crippen molar-refractivity contribution in [2.24, 2.45) is 0 Å². The van der Waals surface area contributed by atoms with Gasteiger partial charge in [0.25, 0.3) is 0 Å². The maximum Gasteiger partial charge on any atom is 0.172 e. The molecule has 0 amide bonds. The third kappa shape index (κ3) is 2.56. The number of hydrogen-bond donors (Lipinski definition) is 0. The van der Waals surface area contributed by atoms with Gasteiger partial charge < -0.3 is 9.30 Å². The number of hydrogen-bond acceptors (Lipinski definition) is 3. The van der Waals surface area contributed by atoms with Gasteiger partial charge in [0.05, 0.1) is 13.3 Å². The molecule has 0 saturated carbocycles. The van der Waals surface area contributed by atoms with E-state index in [1.165, 1.54) is 0 Å². The summed E-state index contributed by atoms with van der Waals surface area (Å²) in [5.74, 6) is 0.601. The van der Waals surface area contributed by atoms with E-state index in [1.807, 2.05) is 60.7 Å². The molecule has 0 fully saturated rings. The Morgan fingerprint density at radius 1 is 0.818 bits per heavy atom. The summed E-state index contributed by atoms with van der Waals surface area (Å²) in [4.78, 5) is 4.18. The molecule has 0 aliphatic rings. The molecule has 0 saturated heterocycles. The highest BCUT2D eigenvalue weighted by molar-refractivity contribution is 7.85. The lowest BCUT2D eigenvalue weighted by atomic mass is 10.4. The number of nitrogens with zero attached hydrogens (tertiary/aromatic N) is 1. The van der Waals surface area contributed by atoms with Crippen LogP contribution in [-0.4, -0.2) is 12.1 Å². The van der Waals surface area contributed by atoms with E-state index in [9.17, 15) is 4.57 Å². The van der Waals surface area contributed by atoms with Gasteiger partial charge in [0, 0.05) is 22.1 Å². The molecule has 1 heterocycles. The van der Waals surface area contributed by atoms with Gasteiger partial charge in [-0.15, -0.1) is 0 Å². The average molecular weight is 309 g/mol. The fraction of sp³-hybridized carbons (Fsp3) is 0.0556. The zero-order chi connectivity index (χ0) is 15.4. The molecule has 0 bridgehead atoms. The molecular formula is C18H16NO2P. The van der Waals surface area contributed by atoms with Crippen LogP contribution in [0.5, 0.6) is 5.75 Å². The van der Waals surface area contributed by atoms with Crippen LogP contribution in [0.3, 0.4) is 0 Å². The zero-order valence-corrected chi connectivity index (χ0v) is 13.1. The molecule has 4 heteroatoms. The third-order valence-electron chi connectivity index (χ3n) is 3.54. The van der Waals surface area contributed by atoms with Crippen molar-refractivity contribution >= 4 is 23.1 Å². The van der Waals surface area contributed by atoms with Gasteiger partial charge in [0.15, 0.2) is 7.14 Å². The van der Waals surface area contributed by atoms with Crippen LogP contribution in [0.25, 0.3) is 0 Å². The topological polar surface area (TPSA) is 39.2 Å². The Kier molecular flexibility index (Phi) is 4.08. The molecule has 0 aliphatic heterocycles. The van der Waals surface area contributed by atoms with E-state index < -0.39 is 7.14 Å². The number of methoxy groups -OCH3 is 1. The molecule has 3 rings (SSSR count). The van der Waals surface area contributed by atoms with E-state index in [4.69, 9.17) is 4.74 Å². The van der Waals surface area contributed by atoms with Crippen LogP contribution in [0.4, 0.5) is 0 Å². The summed E-state index contributed by atoms with van der Waals surface area (Å²) in [5.41, 5.74) is 0. The van der Waals surface area contributed by atoms with Crippen LogP contribution >= 0.6 is 7.14 Å². The Balaban J connectivity index is 2.26. The summed E-state index contributed by atoms with van der Waals surface area (Å²) >= 11 is 0. The lowest BCUT2D eigenvalue weighted by molar-refractivity contribution is 0.413. The van der Waals surface area contributed by atoms with Crippen LogP contribution < -0.4 is 20.7 Å². The summed E-state index contributed by atoms with van der Waals surface area (Å²) in [5, 5.41) is 2.25. The Labute approximate surface area is 130 Å². The number of benzene rings is 2. The van der Waals surface area contributed by atoms with Crippen LogP contribution in [-0.2, 0) is 4.57 Å². The largest absolute Gasteiger partial charge is 0.495 e. The highest BCUT2D eigenvalue weighted by Gasteiger charge is 2.30. The predicted octanol–water partition coefficient (Wildman–Crippen LogP) is 2.73. The number of pyridine rings is 1. The van der Waals surface area contributed by atoms with Crippen molar-refractivity contribution in [3.8, 4) is 5.75 Å². The van der Waals surface area contributed by atoms with Gasteiger partial charge >= 0.3 is 0 Å². The lowest BCUT2D eigenvalue weighted by Crippen LogP contribution is -2.25. The van der Waals surface area contributed by atoms with Gasteiger partial charge in [-0.1, -0.05) is 60.7 Å². The zero-order valence-electron chi connectivity index (χ0n) is 12.2. The molecule has 0 spiro atoms. The Bertz CT molecular complexity index is 760. The second-order valence-electron chi connectivity index (χ2n) is 4.86. The Morgan fingerprint density at radius 2 is 1.36 bits per heavy atom. The summed E-state index contributed by atoms with van der Waals surface area (Å²) in [6.45, 7) is 0. The molecule has 110 valence electrons. The standard InChI is InChI=1S/C18H16NO2P/c1-21-15-12-18(14-19-13-15)22(20,16-8-4-2-5-9-16)17-10-6-3-7-11-17/h2-14H,1H3. The first kappa shape index (κ1) is 14.6. The van der Waals surface area contributed by atoms with E-state index in [2.05, 4.69) is 4.98 Å². The number of ether oxygens (including phenoxy) is 1. The second kappa shape index (κ2) is 6.17. The average Bonchev–Trinajstić information content (AvgIpc) is 2.62. The molecular weight excluding hydrogens is 293 g/mol. The minimum atomic E-state index is -2.96. The highest BCUT2D eigenvalue weighted by atomic mass is 31.2. The fourth-order valence-corrected chi connectivity index (χ4v) is 5.03. The van der Waals surface area contributed by atoms with E-state index in [0.29, 0.717) is 11.1 Å². The molecule has 1 aromatic heterocycles. The fourth-order valence-electron chi connectivity index (χ4n) is 2.41. The van der Waals surface area contributed by atoms with Gasteiger partial charge in [-0.2, -0.15) is 0 Å². The minimum Gasteiger partial charge on any atom is -0.495 e. The third-order valence-corrected chi connectivity index (χ3v) is 6.56. The maximum absolute atomic E-state index is 14.0. The molecule has 3 nitrogen and oxygen atoms in total. The summed E-state index contributed by atoms with van der Waals surface area (Å²) < 4.78 is 19.2. The van der Waals surface area contributed by atoms with E-state index in [1.54, 1.807) is 25.6 Å². The van der Waals surface area contributed by atoms with Crippen molar-refractivity contribution in [2.75, 3.05) is 7.11 Å². The molecule has 22 heavy (non-hydrogen) atoms. The molecule has 0 N–H and O–H groups in total. The first-order valence-electron chi connectivity index (χ1n) is 6.96. The Morgan fingerprint density at radius 3 is 1.86 bits per heavy atom. The highest BCUT2D eigenvalue weighted by Crippen LogP contribution is 2.42. The van der Waals surface area contributed by atoms with Gasteiger partial charge in [-0.05, 0) is 6.07 Å². The van der Waals surface area contributed by atoms with Crippen LogP contribution in [0.2, 0.25) is 0 Å². The van der Waals surface area contributed by atoms with Gasteiger partial charge in [0.2, 0.25) is 0 Å². The maximum atomic E-state index is 14.0. The first-order valence-corrected chi connectivity index (χ1v) is 8.67. The molecule has 0 unspecified atom stereocenters. The molecule has 2 aromatic carbocycles. The van der Waals surface area contributed by atoms with E-state index in [0.717, 1.165) is 10.6 Å². The molecule has 0 aliphatic carbocycles. The quantitative estimate of drug-likeness (QED) is 0.696. The van der Waals surface area contributed by atoms with Gasteiger partial charge in [-0.25, -0.2) is 0 Å². The van der Waals surface area contributed by atoms with E-state index in [-0.39, 0.29) is 0 Å². The molecule has 0 atom stereocenters. The monoisotopic (exact) mass is 309 g/mol. The summed E-state index contributed by atoms with van der Waals surface area (Å²) in [6, 6.07) is 20.8. The predicted molar refractivity (Wildman–Crippen MR) is 90.2 cm³/mol. The molecule has 0 radical (unpaired) electrons. The summed E-state index contributed by atoms with van der Waals surface area (Å²) in [6.07, 6.45) is 3.27. The smallest absolute Gasteiger partial charge is 0.172 e. The van der Waals surface area contributed by atoms with E-state index >= 15 is 0 Å². The van der Waals surface area contributed by atoms with Crippen LogP contribution in [0, 0.1) is 0 Å². The van der Waals surface area contributed by atoms with Crippen molar-refractivity contribution in [1.29, 1.82) is 0 Å². The van der Waals surface area contributed by atoms with Gasteiger partial charge in [0.1, 0.15) is 5.75 Å². The van der Waals surface area contributed by atoms with Crippen molar-refractivity contribution in [3.05, 3.63) is 79.1 Å². The first-order chi connectivity index (χ1) is 10.7. The molecule has 3 aromatic rings. The number of aromatic nitrogens is 1. The van der Waals surface area contributed by atoms with Crippen LogP contribution in [0.1, 0.15) is 0 Å². The lowest BCUT2D eigenvalue weighted by Gasteiger charge is -2.19. The van der Waals surface area contributed by atoms with Crippen molar-refractivity contribution in [3.63, 3.8) is 0 Å². The van der Waals surface area contributed by atoms with Crippen molar-refractivity contribution in [2.45, 2.75) is 0 Å². The van der Waals surface area contributed by atoms with Gasteiger partial charge in [-0.3, -0.25) is 4.98 Å². The van der Waals surface area contributed by atoms with Crippen molar-refractivity contribution < 1.29 is 9.30 Å². The normalized spacial score (nSPS) is 11.1. The SMILES string of the molecule is COc1cncc(P(=O)(c2ccccc2)c2ccccc2)c1. The second-order valence-corrected chi connectivity index (χ2v) is 7.63.